The molecule has 0 radical (unpaired) electrons. The highest BCUT2D eigenvalue weighted by atomic mass is 16.6. The minimum absolute atomic E-state index is 0.113. The van der Waals surface area contributed by atoms with E-state index in [1.807, 2.05) is 12.1 Å². The number of esters is 1. The third-order valence-electron chi connectivity index (χ3n) is 6.96. The number of hydrogen-bond acceptors (Lipinski definition) is 5. The highest BCUT2D eigenvalue weighted by Crippen LogP contribution is 2.57. The summed E-state index contributed by atoms with van der Waals surface area (Å²) >= 11 is 0. The molecule has 4 aliphatic carbocycles. The van der Waals surface area contributed by atoms with E-state index in [0.717, 1.165) is 42.7 Å². The second-order valence-corrected chi connectivity index (χ2v) is 9.23. The summed E-state index contributed by atoms with van der Waals surface area (Å²) in [7, 11) is 0. The van der Waals surface area contributed by atoms with Gasteiger partial charge in [0, 0.05) is 17.8 Å². The van der Waals surface area contributed by atoms with Gasteiger partial charge in [-0.25, -0.2) is 4.79 Å². The van der Waals surface area contributed by atoms with Crippen molar-refractivity contribution in [2.45, 2.75) is 50.7 Å². The highest BCUT2D eigenvalue weighted by molar-refractivity contribution is 5.90. The molecule has 5 heteroatoms. The molecule has 0 unspecified atom stereocenters. The average molecular weight is 393 g/mol. The molecular weight excluding hydrogens is 366 g/mol. The Kier molecular flexibility index (Phi) is 4.41. The van der Waals surface area contributed by atoms with Gasteiger partial charge in [0.05, 0.1) is 5.56 Å². The van der Waals surface area contributed by atoms with Crippen molar-refractivity contribution in [2.24, 2.45) is 17.8 Å². The van der Waals surface area contributed by atoms with Crippen molar-refractivity contribution in [3.63, 3.8) is 0 Å². The zero-order valence-electron chi connectivity index (χ0n) is 16.4. The summed E-state index contributed by atoms with van der Waals surface area (Å²) in [6, 6.07) is 11.7. The van der Waals surface area contributed by atoms with E-state index in [-0.39, 0.29) is 23.1 Å². The van der Waals surface area contributed by atoms with E-state index in [9.17, 15) is 15.0 Å². The summed E-state index contributed by atoms with van der Waals surface area (Å²) in [4.78, 5) is 12.8. The maximum atomic E-state index is 12.8. The number of aromatic hydroxyl groups is 2. The SMILES string of the molecule is O=C(OC12CC3CC(CC(C3)C1)C2)c1ccc(NCc2cc(O)ccc2O)cc1. The predicted molar refractivity (Wildman–Crippen MR) is 110 cm³/mol. The highest BCUT2D eigenvalue weighted by Gasteiger charge is 2.53. The van der Waals surface area contributed by atoms with Crippen molar-refractivity contribution in [2.75, 3.05) is 5.32 Å². The van der Waals surface area contributed by atoms with Gasteiger partial charge in [-0.05, 0) is 98.7 Å². The summed E-state index contributed by atoms with van der Waals surface area (Å²) < 4.78 is 6.11. The number of phenolic OH excluding ortho intramolecular Hbond substituents is 2. The molecule has 0 atom stereocenters. The van der Waals surface area contributed by atoms with Gasteiger partial charge < -0.3 is 20.3 Å². The number of carbonyl (C=O) groups excluding carboxylic acids is 1. The second kappa shape index (κ2) is 6.97. The van der Waals surface area contributed by atoms with E-state index < -0.39 is 0 Å². The first kappa shape index (κ1) is 18.3. The van der Waals surface area contributed by atoms with Gasteiger partial charge in [0.25, 0.3) is 0 Å². The van der Waals surface area contributed by atoms with Gasteiger partial charge in [0.15, 0.2) is 0 Å². The Morgan fingerprint density at radius 3 is 2.21 bits per heavy atom. The fraction of sp³-hybridized carbons (Fsp3) is 0.458. The molecule has 4 saturated carbocycles. The maximum absolute atomic E-state index is 12.8. The molecule has 4 aliphatic rings. The van der Waals surface area contributed by atoms with Crippen LogP contribution in [0.2, 0.25) is 0 Å². The molecule has 0 saturated heterocycles. The monoisotopic (exact) mass is 393 g/mol. The van der Waals surface area contributed by atoms with Crippen LogP contribution in [0.5, 0.6) is 11.5 Å². The molecule has 29 heavy (non-hydrogen) atoms. The van der Waals surface area contributed by atoms with Crippen molar-refractivity contribution in [3.8, 4) is 11.5 Å². The van der Waals surface area contributed by atoms with Gasteiger partial charge >= 0.3 is 5.97 Å². The lowest BCUT2D eigenvalue weighted by atomic mass is 9.54. The van der Waals surface area contributed by atoms with E-state index in [1.165, 1.54) is 37.5 Å². The van der Waals surface area contributed by atoms with Crippen LogP contribution < -0.4 is 5.32 Å². The van der Waals surface area contributed by atoms with Crippen molar-refractivity contribution < 1.29 is 19.7 Å². The molecule has 0 aromatic heterocycles. The van der Waals surface area contributed by atoms with Crippen LogP contribution in [0.1, 0.15) is 54.4 Å². The number of ether oxygens (including phenoxy) is 1. The fourth-order valence-corrected chi connectivity index (χ4v) is 6.05. The van der Waals surface area contributed by atoms with Crippen molar-refractivity contribution >= 4 is 11.7 Å². The van der Waals surface area contributed by atoms with E-state index in [4.69, 9.17) is 4.74 Å². The number of rotatable bonds is 5. The van der Waals surface area contributed by atoms with Gasteiger partial charge in [-0.1, -0.05) is 0 Å². The van der Waals surface area contributed by atoms with Crippen LogP contribution in [0.4, 0.5) is 5.69 Å². The molecule has 5 nitrogen and oxygen atoms in total. The van der Waals surface area contributed by atoms with E-state index in [1.54, 1.807) is 12.1 Å². The van der Waals surface area contributed by atoms with Crippen LogP contribution in [-0.4, -0.2) is 21.8 Å². The first-order valence-electron chi connectivity index (χ1n) is 10.6. The van der Waals surface area contributed by atoms with Crippen LogP contribution in [0, 0.1) is 17.8 Å². The quantitative estimate of drug-likeness (QED) is 0.501. The molecule has 0 amide bonds. The van der Waals surface area contributed by atoms with Crippen LogP contribution in [0.15, 0.2) is 42.5 Å². The van der Waals surface area contributed by atoms with Gasteiger partial charge in [-0.2, -0.15) is 0 Å². The zero-order chi connectivity index (χ0) is 20.0. The zero-order valence-corrected chi connectivity index (χ0v) is 16.4. The molecule has 2 aromatic carbocycles. The lowest BCUT2D eigenvalue weighted by molar-refractivity contribution is -0.131. The number of benzene rings is 2. The van der Waals surface area contributed by atoms with Crippen molar-refractivity contribution in [3.05, 3.63) is 53.6 Å². The van der Waals surface area contributed by atoms with Crippen LogP contribution in [-0.2, 0) is 11.3 Å². The van der Waals surface area contributed by atoms with E-state index >= 15 is 0 Å². The Balaban J connectivity index is 1.22. The normalized spacial score (nSPS) is 29.6. The number of carbonyl (C=O) groups is 1. The number of hydrogen-bond donors (Lipinski definition) is 3. The molecule has 0 heterocycles. The molecule has 3 N–H and O–H groups in total. The van der Waals surface area contributed by atoms with E-state index in [0.29, 0.717) is 17.7 Å². The standard InChI is InChI=1S/C24H27NO4/c26-21-5-6-22(27)19(10-21)14-25-20-3-1-18(2-4-20)23(28)29-24-11-15-7-16(12-24)9-17(8-15)13-24/h1-6,10,15-17,25-27H,7-9,11-14H2. The van der Waals surface area contributed by atoms with Gasteiger partial charge in [0.2, 0.25) is 0 Å². The molecule has 0 aliphatic heterocycles. The molecular formula is C24H27NO4. The van der Waals surface area contributed by atoms with E-state index in [2.05, 4.69) is 5.32 Å². The molecule has 152 valence electrons. The van der Waals surface area contributed by atoms with Crippen molar-refractivity contribution in [1.29, 1.82) is 0 Å². The number of anilines is 1. The molecule has 0 spiro atoms. The van der Waals surface area contributed by atoms with Crippen LogP contribution in [0.3, 0.4) is 0 Å². The first-order chi connectivity index (χ1) is 14.0. The van der Waals surface area contributed by atoms with Crippen molar-refractivity contribution in [1.82, 2.24) is 0 Å². The lowest BCUT2D eigenvalue weighted by Crippen LogP contribution is -2.52. The molecule has 6 rings (SSSR count). The summed E-state index contributed by atoms with van der Waals surface area (Å²) in [5, 5.41) is 22.6. The molecule has 4 fully saturated rings. The van der Waals surface area contributed by atoms with Crippen LogP contribution in [0.25, 0.3) is 0 Å². The molecule has 2 aromatic rings. The summed E-state index contributed by atoms with van der Waals surface area (Å²) in [5.41, 5.74) is 1.79. The fourth-order valence-electron chi connectivity index (χ4n) is 6.05. The smallest absolute Gasteiger partial charge is 0.338 e. The summed E-state index contributed by atoms with van der Waals surface area (Å²) in [6.07, 6.45) is 7.09. The number of phenols is 2. The third kappa shape index (κ3) is 3.66. The van der Waals surface area contributed by atoms with Gasteiger partial charge in [-0.15, -0.1) is 0 Å². The summed E-state index contributed by atoms with van der Waals surface area (Å²) in [5.74, 6) is 2.26. The average Bonchev–Trinajstić information content (AvgIpc) is 2.67. The minimum atomic E-state index is -0.227. The summed E-state index contributed by atoms with van der Waals surface area (Å²) in [6.45, 7) is 0.372. The Bertz CT molecular complexity index is 886. The number of nitrogens with one attached hydrogen (secondary N) is 1. The maximum Gasteiger partial charge on any atom is 0.338 e. The lowest BCUT2D eigenvalue weighted by Gasteiger charge is -2.55. The topological polar surface area (TPSA) is 78.8 Å². The Morgan fingerprint density at radius 2 is 1.59 bits per heavy atom. The second-order valence-electron chi connectivity index (χ2n) is 9.23. The Morgan fingerprint density at radius 1 is 0.966 bits per heavy atom. The van der Waals surface area contributed by atoms with Crippen LogP contribution >= 0.6 is 0 Å². The Hall–Kier alpha value is -2.69. The Labute approximate surface area is 170 Å². The predicted octanol–water partition coefficient (Wildman–Crippen LogP) is 4.84. The minimum Gasteiger partial charge on any atom is -0.508 e. The third-order valence-corrected chi connectivity index (χ3v) is 6.96. The molecule has 4 bridgehead atoms. The largest absolute Gasteiger partial charge is 0.508 e. The van der Waals surface area contributed by atoms with Gasteiger partial charge in [0.1, 0.15) is 17.1 Å². The van der Waals surface area contributed by atoms with Gasteiger partial charge in [-0.3, -0.25) is 0 Å². The first-order valence-corrected chi connectivity index (χ1v) is 10.6.